The number of nitrogens with two attached hydrogens (primary N) is 4. The van der Waals surface area contributed by atoms with Crippen molar-refractivity contribution in [3.63, 3.8) is 0 Å². The number of hydrogen-bond donors (Lipinski definition) is 8. The van der Waals surface area contributed by atoms with Gasteiger partial charge in [0.15, 0.2) is 71.3 Å². The highest BCUT2D eigenvalue weighted by molar-refractivity contribution is 9.11. The van der Waals surface area contributed by atoms with Crippen molar-refractivity contribution in [2.45, 2.75) is 132 Å². The number of halogens is 12. The van der Waals surface area contributed by atoms with Crippen molar-refractivity contribution in [2.75, 3.05) is 38.6 Å². The molecule has 0 aliphatic carbocycles. The Hall–Kier alpha value is -12.0. The van der Waals surface area contributed by atoms with E-state index in [-0.39, 0.29) is 70.3 Å². The number of primary amides is 3. The molecule has 0 bridgehead atoms. The molecule has 149 heavy (non-hydrogen) atoms. The molecule has 1 fully saturated rings. The molecule has 1 saturated heterocycles. The van der Waals surface area contributed by atoms with Gasteiger partial charge in [0.05, 0.1) is 128 Å². The number of aromatic hydroxyl groups is 3. The Kier molecular flexibility index (Phi) is 40.1. The van der Waals surface area contributed by atoms with Crippen LogP contribution in [0.3, 0.4) is 0 Å². The standard InChI is InChI=1S/C23H17ClN6O3.C15H13ClN4O2.C14H12ClN5O2.C13H15BClNO3.C7H3BrClNO.C7H16O3.C6H3BrClNO3.C6H5BrClNO.C6H4BrClO.CH4/c1-26-15-4-2-13(3-5-15)8-19(31)29-6-7-30-18(11-29)20(23(25)32)21(28-30)14-9-16(24)22-17(10-14)27-12-33-22;16-9-5-8(6-10-14(9)22-7-18-10)13-12(15(17)21)11-3-1-2-4-20(11)19-13;15-8-3-7(4-9-13(8)22-6-18-9)12-11(14(16)21)10-5-17-1-2-20(10)19-12;1-12(2)13(3,4)19-14(18-12)8-5-9(15)11-10(6-8)16-7-17-11;8-4-1-5(9)7-6(2-4)10-3-11-7;1-4-8-7(9-5-2)10-6-3;7-3-1-4(8)6(10)5(2-3)9(11)12;7-3-1-4(8)6(10)5(9)2-3;7-4-1-2-6(9)5(8)3-4;/h2-5,9-10,12H,6-8,11H2,(H2,25,32);5-7H,1-4H2,(H2,17,21);3-4,6,17H,1-2,5H2,(H2,16,21);5-7H,1-4H3;1-3H;7H,4-6H2,1-3H3;1-2,10H;1-2,10H,9H2;1-3,9H;1H4. The van der Waals surface area contributed by atoms with Gasteiger partial charge in [-0.1, -0.05) is 188 Å². The van der Waals surface area contributed by atoms with Crippen LogP contribution in [-0.2, 0) is 73.9 Å². The van der Waals surface area contributed by atoms with Crippen LogP contribution in [0.5, 0.6) is 17.2 Å². The Balaban J connectivity index is 0.000000154. The van der Waals surface area contributed by atoms with Gasteiger partial charge in [-0.3, -0.25) is 43.3 Å². The van der Waals surface area contributed by atoms with Gasteiger partial charge in [0.1, 0.15) is 50.4 Å². The third-order valence-corrected chi connectivity index (χ3v) is 26.9. The molecule has 8 aromatic heterocycles. The number of nitrogens with one attached hydrogen (secondary N) is 1. The summed E-state index contributed by atoms with van der Waals surface area (Å²) in [6.07, 6.45) is 9.82. The highest BCUT2D eigenvalue weighted by Gasteiger charge is 2.52. The van der Waals surface area contributed by atoms with Gasteiger partial charge >= 0.3 is 12.8 Å². The predicted molar refractivity (Wildman–Crippen MR) is 583 cm³/mol. The van der Waals surface area contributed by atoms with Crippen molar-refractivity contribution in [1.29, 1.82) is 0 Å². The Bertz CT molecular complexity index is 7610. The molecule has 0 spiro atoms. The normalized spacial score (nSPS) is 13.3. The molecule has 4 aliphatic heterocycles. The Labute approximate surface area is 924 Å². The zero-order valence-corrected chi connectivity index (χ0v) is 91.4. The van der Waals surface area contributed by atoms with E-state index in [9.17, 15) is 29.3 Å². The second-order valence-electron chi connectivity index (χ2n) is 33.1. The lowest BCUT2D eigenvalue weighted by atomic mass is 9.79. The summed E-state index contributed by atoms with van der Waals surface area (Å²) >= 11 is 60.0. The van der Waals surface area contributed by atoms with Gasteiger partial charge in [-0.15, -0.1) is 0 Å². The summed E-state index contributed by atoms with van der Waals surface area (Å²) in [6.45, 7) is 26.1. The van der Waals surface area contributed by atoms with Gasteiger partial charge in [0, 0.05) is 86.6 Å². The molecule has 0 unspecified atom stereocenters. The van der Waals surface area contributed by atoms with Crippen LogP contribution in [0.25, 0.3) is 94.1 Å². The van der Waals surface area contributed by atoms with Crippen molar-refractivity contribution in [3.8, 4) is 51.0 Å². The summed E-state index contributed by atoms with van der Waals surface area (Å²) in [5.74, 6) is -2.14. The second kappa shape index (κ2) is 51.7. The number of benzene rings is 9. The van der Waals surface area contributed by atoms with Crippen LogP contribution >= 0.6 is 157 Å². The molecule has 4 amide bonds. The van der Waals surface area contributed by atoms with E-state index >= 15 is 0 Å². The lowest BCUT2D eigenvalue weighted by Gasteiger charge is -2.32. The highest BCUT2D eigenvalue weighted by atomic mass is 79.9. The van der Waals surface area contributed by atoms with Crippen molar-refractivity contribution in [2.24, 2.45) is 17.2 Å². The maximum absolute atomic E-state index is 12.9. The number of oxazole rings is 5. The lowest BCUT2D eigenvalue weighted by molar-refractivity contribution is -0.385. The third kappa shape index (κ3) is 28.3. The van der Waals surface area contributed by atoms with Crippen LogP contribution in [-0.4, -0.2) is 161 Å². The number of aryl methyl sites for hydroxylation is 1. The Morgan fingerprint density at radius 3 is 1.37 bits per heavy atom. The largest absolute Gasteiger partial charge is 0.506 e. The monoisotopic (exact) mass is 2450 g/mol. The van der Waals surface area contributed by atoms with Crippen LogP contribution in [0.15, 0.2) is 199 Å². The first-order chi connectivity index (χ1) is 70.5. The molecule has 51 heteroatoms. The molecule has 0 saturated carbocycles. The van der Waals surface area contributed by atoms with E-state index in [0.29, 0.717) is 181 Å². The highest BCUT2D eigenvalue weighted by Crippen LogP contribution is 2.43. The average Bonchev–Trinajstić information content (AvgIpc) is 1.61. The number of rotatable bonds is 16. The van der Waals surface area contributed by atoms with Gasteiger partial charge in [0.25, 0.3) is 24.2 Å². The van der Waals surface area contributed by atoms with Crippen molar-refractivity contribution in [3.05, 3.63) is 278 Å². The van der Waals surface area contributed by atoms with Crippen LogP contribution in [0, 0.1) is 16.7 Å². The number of nitro benzene ring substituents is 1. The number of fused-ring (bicyclic) bond motifs is 8. The van der Waals surface area contributed by atoms with Gasteiger partial charge in [-0.25, -0.2) is 29.8 Å². The second-order valence-corrected chi connectivity index (χ2v) is 40.0. The number of phenols is 3. The van der Waals surface area contributed by atoms with Crippen molar-refractivity contribution in [1.82, 2.24) is 64.5 Å². The first-order valence-corrected chi connectivity index (χ1v) is 50.7. The number of aromatic nitrogens is 11. The molecule has 38 nitrogen and oxygen atoms in total. The smallest absolute Gasteiger partial charge is 0.494 e. The molecular weight excluding hydrogens is 2360 g/mol. The predicted octanol–water partition coefficient (Wildman–Crippen LogP) is 23.9. The maximum Gasteiger partial charge on any atom is 0.494 e. The minimum absolute atomic E-state index is 0. The summed E-state index contributed by atoms with van der Waals surface area (Å²) in [5, 5.41) is 57.1. The zero-order chi connectivity index (χ0) is 107. The van der Waals surface area contributed by atoms with Crippen LogP contribution in [0.1, 0.15) is 122 Å². The molecule has 0 radical (unpaired) electrons. The van der Waals surface area contributed by atoms with Crippen molar-refractivity contribution < 1.29 is 85.0 Å². The molecule has 12 heterocycles. The molecule has 17 aromatic rings. The van der Waals surface area contributed by atoms with Crippen LogP contribution in [0.4, 0.5) is 17.1 Å². The number of nitrogens with zero attached hydrogens (tertiary/aromatic N) is 14. The first kappa shape index (κ1) is 116. The zero-order valence-electron chi connectivity index (χ0n) is 79.0. The fourth-order valence-electron chi connectivity index (χ4n) is 15.1. The van der Waals surface area contributed by atoms with E-state index < -0.39 is 47.7 Å². The summed E-state index contributed by atoms with van der Waals surface area (Å²) in [7, 11) is -0.441. The molecule has 21 rings (SSSR count). The number of nitro groups is 1. The van der Waals surface area contributed by atoms with Crippen molar-refractivity contribution >= 4 is 265 Å². The summed E-state index contributed by atoms with van der Waals surface area (Å²) in [5.41, 5.74) is 36.5. The number of carbonyl (C=O) groups is 4. The molecule has 4 aliphatic rings. The minimum atomic E-state index is -0.702. The van der Waals surface area contributed by atoms with Gasteiger partial charge in [-0.05, 0) is 176 Å². The van der Waals surface area contributed by atoms with E-state index in [2.05, 4.69) is 114 Å². The molecule has 0 atom stereocenters. The van der Waals surface area contributed by atoms with Crippen LogP contribution in [0.2, 0.25) is 40.2 Å². The minimum Gasteiger partial charge on any atom is -0.506 e. The van der Waals surface area contributed by atoms with Gasteiger partial charge < -0.3 is 94.1 Å². The molecular formula is C98H92BBr4Cl8N19O19. The summed E-state index contributed by atoms with van der Waals surface area (Å²) < 4.78 is 61.6. The maximum atomic E-state index is 12.9. The average molecular weight is 2450 g/mol. The van der Waals surface area contributed by atoms with Crippen LogP contribution < -0.4 is 33.7 Å². The van der Waals surface area contributed by atoms with E-state index in [1.807, 2.05) is 76.0 Å². The number of carbonyl (C=O) groups excluding carboxylic acids is 4. The Morgan fingerprint density at radius 1 is 0.510 bits per heavy atom. The number of phenolic OH excluding ortho intramolecular Hbond substituents is 3. The third-order valence-electron chi connectivity index (χ3n) is 22.8. The number of ether oxygens (including phenoxy) is 3. The number of hydrogen-bond acceptors (Lipinski definition) is 29. The van der Waals surface area contributed by atoms with E-state index in [1.165, 1.54) is 50.2 Å². The number of nitrogen functional groups attached to an aromatic ring is 1. The topological polar surface area (TPSA) is 526 Å². The summed E-state index contributed by atoms with van der Waals surface area (Å²) in [4.78, 5) is 84.3. The van der Waals surface area contributed by atoms with E-state index in [4.69, 9.17) is 183 Å². The SMILES string of the molecule is C.CC1(C)OB(c2cc(Cl)c3ocnc3c2)OC1(C)C.CCOC(OCC)OCC.Clc1cc(Br)cc2ncoc12.NC(=O)c1c(-c2cc(Cl)c3ocnc3c2)nn2c1CCCC2.NC(=O)c1c(-c2cc(Cl)c3ocnc3c2)nn2c1CNCC2.Nc1cc(Br)cc(Cl)c1O.O=[N+]([O-])c1cc(Br)cc(Cl)c1O.Oc1ccc(Br)cc1Cl.[C-]#[N+]c1ccc(CC(=O)N2CCn3nc(-c4cc(Cl)c5ocnc5c4)c(C(N)=O)c3C2)cc1. The molecule has 780 valence electrons. The van der Waals surface area contributed by atoms with E-state index in [0.717, 1.165) is 79.3 Å². The Morgan fingerprint density at radius 2 is 0.919 bits per heavy atom. The van der Waals surface area contributed by atoms with Gasteiger partial charge in [-0.2, -0.15) is 15.3 Å². The quantitative estimate of drug-likeness (QED) is 0.00847. The number of anilines is 1. The number of amides is 4. The summed E-state index contributed by atoms with van der Waals surface area (Å²) in [6, 6.07) is 35.3. The lowest BCUT2D eigenvalue weighted by Crippen LogP contribution is -2.41. The molecule has 12 N–H and O–H groups in total. The van der Waals surface area contributed by atoms with E-state index in [1.54, 1.807) is 101 Å². The fourth-order valence-corrected chi connectivity index (χ4v) is 19.3. The molecule has 9 aromatic carbocycles. The van der Waals surface area contributed by atoms with Gasteiger partial charge in [0.2, 0.25) is 11.7 Å². The first-order valence-electron chi connectivity index (χ1n) is 44.5. The fraction of sp³-hybridized carbons (Fsp3) is 0.255.